The monoisotopic (exact) mass is 289 g/mol. The predicted molar refractivity (Wildman–Crippen MR) is 71.8 cm³/mol. The molecule has 0 aromatic heterocycles. The van der Waals surface area contributed by atoms with E-state index in [2.05, 4.69) is 6.92 Å². The van der Waals surface area contributed by atoms with Crippen molar-refractivity contribution in [2.45, 2.75) is 45.1 Å². The Hall–Kier alpha value is -1.20. The van der Waals surface area contributed by atoms with Crippen molar-refractivity contribution < 1.29 is 22.1 Å². The van der Waals surface area contributed by atoms with Crippen LogP contribution in [0.4, 0.5) is 17.3 Å². The van der Waals surface area contributed by atoms with E-state index in [0.717, 1.165) is 44.2 Å². The molecule has 6 heteroatoms. The van der Waals surface area contributed by atoms with Crippen LogP contribution in [0, 0.1) is 11.7 Å². The van der Waals surface area contributed by atoms with Crippen LogP contribution in [0.2, 0.25) is 0 Å². The lowest BCUT2D eigenvalue weighted by Gasteiger charge is -2.31. The number of halogens is 4. The zero-order valence-corrected chi connectivity index (χ0v) is 11.4. The van der Waals surface area contributed by atoms with Crippen LogP contribution in [0.25, 0.3) is 0 Å². The molecule has 0 N–H and O–H groups in total. The lowest BCUT2D eigenvalue weighted by atomic mass is 9.79. The van der Waals surface area contributed by atoms with Crippen molar-refractivity contribution in [1.82, 2.24) is 0 Å². The van der Waals surface area contributed by atoms with Gasteiger partial charge in [0.15, 0.2) is 0 Å². The minimum absolute atomic E-state index is 0.198. The van der Waals surface area contributed by atoms with E-state index in [0.29, 0.717) is 12.0 Å². The normalized spacial score (nSPS) is 23.6. The van der Waals surface area contributed by atoms with Gasteiger partial charge in [0, 0.05) is 0 Å². The number of hydrogen-bond acceptors (Lipinski definition) is 1. The molecule has 1 aliphatic rings. The third kappa shape index (κ3) is 3.67. The van der Waals surface area contributed by atoms with E-state index in [1.807, 2.05) is 0 Å². The highest BCUT2D eigenvalue weighted by Gasteiger charge is 2.31. The highest BCUT2D eigenvalue weighted by molar-refractivity contribution is 6.74. The fraction of sp³-hybridized carbons (Fsp3) is 0.571. The number of benzene rings is 1. The summed E-state index contributed by atoms with van der Waals surface area (Å²) in [5.74, 6) is -0.615. The van der Waals surface area contributed by atoms with Gasteiger partial charge in [0.05, 0.1) is 11.9 Å². The minimum Gasteiger partial charge on any atom is -0.493 e. The summed E-state index contributed by atoms with van der Waals surface area (Å²) in [5, 5.41) is 0. The van der Waals surface area contributed by atoms with Gasteiger partial charge in [-0.05, 0) is 43.4 Å². The van der Waals surface area contributed by atoms with E-state index in [1.165, 1.54) is 0 Å². The summed E-state index contributed by atoms with van der Waals surface area (Å²) in [6, 6.07) is 2.63. The Morgan fingerprint density at radius 1 is 1.25 bits per heavy atom. The Morgan fingerprint density at radius 2 is 2.00 bits per heavy atom. The van der Waals surface area contributed by atoms with Gasteiger partial charge in [0.2, 0.25) is 0 Å². The Labute approximate surface area is 116 Å². The van der Waals surface area contributed by atoms with Crippen LogP contribution in [-0.4, -0.2) is 13.1 Å². The smallest absolute Gasteiger partial charge is 0.493 e. The van der Waals surface area contributed by atoms with Crippen LogP contribution in [0.1, 0.15) is 39.0 Å². The molecule has 2 atom stereocenters. The molecular formula is C14H18BF4O-. The van der Waals surface area contributed by atoms with Gasteiger partial charge in [-0.25, -0.2) is 4.39 Å². The van der Waals surface area contributed by atoms with Gasteiger partial charge < -0.3 is 17.7 Å². The summed E-state index contributed by atoms with van der Waals surface area (Å²) in [6.07, 6.45) is 4.43. The molecule has 0 aliphatic heterocycles. The lowest BCUT2D eigenvalue weighted by molar-refractivity contribution is 0.122. The van der Waals surface area contributed by atoms with Crippen LogP contribution in [-0.2, 0) is 0 Å². The van der Waals surface area contributed by atoms with Gasteiger partial charge in [-0.15, -0.1) is 0 Å². The minimum atomic E-state index is -5.27. The van der Waals surface area contributed by atoms with Crippen molar-refractivity contribution in [2.75, 3.05) is 0 Å². The summed E-state index contributed by atoms with van der Waals surface area (Å²) < 4.78 is 57.4. The molecule has 1 saturated carbocycles. The van der Waals surface area contributed by atoms with Crippen molar-refractivity contribution in [3.8, 4) is 5.75 Å². The van der Waals surface area contributed by atoms with Gasteiger partial charge in [-0.2, -0.15) is 0 Å². The highest BCUT2D eigenvalue weighted by atomic mass is 19.4. The third-order valence-electron chi connectivity index (χ3n) is 3.93. The molecule has 1 aliphatic carbocycles. The van der Waals surface area contributed by atoms with Crippen molar-refractivity contribution in [1.29, 1.82) is 0 Å². The second kappa shape index (κ2) is 6.06. The summed E-state index contributed by atoms with van der Waals surface area (Å²) in [5.41, 5.74) is -0.969. The second-order valence-corrected chi connectivity index (χ2v) is 5.44. The molecule has 20 heavy (non-hydrogen) atoms. The van der Waals surface area contributed by atoms with Crippen LogP contribution in [0.15, 0.2) is 18.2 Å². The quantitative estimate of drug-likeness (QED) is 0.595. The van der Waals surface area contributed by atoms with Crippen molar-refractivity contribution in [3.63, 3.8) is 0 Å². The van der Waals surface area contributed by atoms with E-state index in [4.69, 9.17) is 4.74 Å². The maximum Gasteiger partial charge on any atom is 0.513 e. The molecule has 1 aromatic rings. The van der Waals surface area contributed by atoms with Crippen molar-refractivity contribution in [3.05, 3.63) is 24.0 Å². The molecule has 1 fully saturated rings. The predicted octanol–water partition coefficient (Wildman–Crippen LogP) is 4.23. The molecule has 0 amide bonds. The van der Waals surface area contributed by atoms with E-state index >= 15 is 0 Å². The van der Waals surface area contributed by atoms with Gasteiger partial charge in [0.1, 0.15) is 5.82 Å². The first-order chi connectivity index (χ1) is 9.40. The largest absolute Gasteiger partial charge is 0.513 e. The van der Waals surface area contributed by atoms with Crippen molar-refractivity contribution >= 4 is 12.4 Å². The number of ether oxygens (including phenoxy) is 1. The average Bonchev–Trinajstić information content (AvgIpc) is 2.40. The summed E-state index contributed by atoms with van der Waals surface area (Å²) in [7, 11) is 0. The molecular weight excluding hydrogens is 271 g/mol. The summed E-state index contributed by atoms with van der Waals surface area (Å²) in [6.45, 7) is -3.19. The summed E-state index contributed by atoms with van der Waals surface area (Å²) >= 11 is 0. The molecule has 112 valence electrons. The molecule has 2 rings (SSSR count). The zero-order valence-electron chi connectivity index (χ0n) is 11.4. The van der Waals surface area contributed by atoms with E-state index in [9.17, 15) is 17.3 Å². The van der Waals surface area contributed by atoms with Crippen LogP contribution >= 0.6 is 0 Å². The molecule has 0 saturated heterocycles. The molecule has 0 bridgehead atoms. The van der Waals surface area contributed by atoms with Gasteiger partial charge in [-0.3, -0.25) is 0 Å². The van der Waals surface area contributed by atoms with Gasteiger partial charge in [0.25, 0.3) is 0 Å². The Kier molecular flexibility index (Phi) is 4.61. The van der Waals surface area contributed by atoms with Crippen molar-refractivity contribution in [2.24, 2.45) is 5.92 Å². The lowest BCUT2D eigenvalue weighted by Crippen LogP contribution is -2.37. The van der Waals surface area contributed by atoms with E-state index < -0.39 is 18.3 Å². The SMILES string of the molecule is CCC1CCCC(Oc2ccc(F)cc2[B-](F)(F)F)C1. The van der Waals surface area contributed by atoms with E-state index in [-0.39, 0.29) is 11.9 Å². The number of rotatable bonds is 4. The first-order valence-corrected chi connectivity index (χ1v) is 7.06. The average molecular weight is 289 g/mol. The Balaban J connectivity index is 2.16. The fourth-order valence-corrected chi connectivity index (χ4v) is 2.78. The fourth-order valence-electron chi connectivity index (χ4n) is 2.78. The maximum atomic E-state index is 13.0. The first-order valence-electron chi connectivity index (χ1n) is 7.06. The second-order valence-electron chi connectivity index (χ2n) is 5.44. The summed E-state index contributed by atoms with van der Waals surface area (Å²) in [4.78, 5) is 0. The molecule has 0 heterocycles. The molecule has 2 unspecified atom stereocenters. The number of hydrogen-bond donors (Lipinski definition) is 0. The van der Waals surface area contributed by atoms with Crippen LogP contribution in [0.5, 0.6) is 5.75 Å². The first kappa shape index (κ1) is 15.2. The molecule has 0 spiro atoms. The van der Waals surface area contributed by atoms with Crippen LogP contribution in [0.3, 0.4) is 0 Å². The van der Waals surface area contributed by atoms with Gasteiger partial charge in [-0.1, -0.05) is 25.2 Å². The third-order valence-corrected chi connectivity index (χ3v) is 3.93. The Morgan fingerprint density at radius 3 is 2.65 bits per heavy atom. The standard InChI is InChI=1S/C14H18BF4O/c1-2-10-4-3-5-12(8-10)20-14-7-6-11(16)9-13(14)15(17,18)19/h6-7,9-10,12H,2-5,8H2,1H3/q-1. The topological polar surface area (TPSA) is 9.23 Å². The van der Waals surface area contributed by atoms with Crippen LogP contribution < -0.4 is 10.2 Å². The maximum absolute atomic E-state index is 13.0. The molecule has 0 radical (unpaired) electrons. The Bertz CT molecular complexity index is 461. The van der Waals surface area contributed by atoms with E-state index in [1.54, 1.807) is 0 Å². The molecule has 1 nitrogen and oxygen atoms in total. The highest BCUT2D eigenvalue weighted by Crippen LogP contribution is 2.30. The zero-order chi connectivity index (χ0) is 14.8. The van der Waals surface area contributed by atoms with Gasteiger partial charge >= 0.3 is 6.98 Å². The molecule has 1 aromatic carbocycles.